The van der Waals surface area contributed by atoms with E-state index >= 15 is 0 Å². The van der Waals surface area contributed by atoms with Gasteiger partial charge in [-0.25, -0.2) is 8.42 Å². The number of rotatable bonds is 7. The molecule has 0 radical (unpaired) electrons. The lowest BCUT2D eigenvalue weighted by molar-refractivity contribution is -0.124. The molecule has 0 aliphatic heterocycles. The Bertz CT molecular complexity index is 873. The zero-order chi connectivity index (χ0) is 18.8. The van der Waals surface area contributed by atoms with E-state index in [2.05, 4.69) is 10.0 Å². The highest BCUT2D eigenvalue weighted by Crippen LogP contribution is 2.48. The number of amides is 1. The molecule has 0 bridgehead atoms. The Hall–Kier alpha value is -2.34. The molecule has 3 rings (SSSR count). The first-order valence-electron chi connectivity index (χ1n) is 8.87. The molecule has 5 nitrogen and oxygen atoms in total. The molecular formula is C20H24N2O3S. The van der Waals surface area contributed by atoms with E-state index < -0.39 is 15.4 Å². The molecule has 26 heavy (non-hydrogen) atoms. The van der Waals surface area contributed by atoms with Crippen LogP contribution >= 0.6 is 0 Å². The van der Waals surface area contributed by atoms with Crippen molar-refractivity contribution >= 4 is 21.6 Å². The standard InChI is InChI=1S/C20H24N2O3S/c1-3-15(2)21-19(23)20(13-14-20)16-9-11-17(12-10-16)22-26(24,25)18-7-5-4-6-8-18/h4-12,15,22H,3,13-14H2,1-2H3,(H,21,23). The molecule has 1 amide bonds. The van der Waals surface area contributed by atoms with Gasteiger partial charge >= 0.3 is 0 Å². The second kappa shape index (κ2) is 7.11. The average molecular weight is 372 g/mol. The smallest absolute Gasteiger partial charge is 0.261 e. The number of carbonyl (C=O) groups is 1. The van der Waals surface area contributed by atoms with Crippen molar-refractivity contribution < 1.29 is 13.2 Å². The van der Waals surface area contributed by atoms with Gasteiger partial charge in [0, 0.05) is 11.7 Å². The third kappa shape index (κ3) is 3.75. The van der Waals surface area contributed by atoms with Crippen LogP contribution in [0.25, 0.3) is 0 Å². The predicted octanol–water partition coefficient (Wildman–Crippen LogP) is 3.43. The second-order valence-corrected chi connectivity index (χ2v) is 8.54. The summed E-state index contributed by atoms with van der Waals surface area (Å²) in [6.45, 7) is 4.04. The lowest BCUT2D eigenvalue weighted by Crippen LogP contribution is -2.39. The first-order valence-corrected chi connectivity index (χ1v) is 10.3. The summed E-state index contributed by atoms with van der Waals surface area (Å²) in [5.41, 5.74) is 0.956. The molecule has 6 heteroatoms. The molecule has 1 unspecified atom stereocenters. The van der Waals surface area contributed by atoms with Crippen LogP contribution in [0.3, 0.4) is 0 Å². The Morgan fingerprint density at radius 1 is 1.08 bits per heavy atom. The minimum atomic E-state index is -3.61. The molecule has 2 aromatic carbocycles. The van der Waals surface area contributed by atoms with Crippen LogP contribution in [0.2, 0.25) is 0 Å². The fraction of sp³-hybridized carbons (Fsp3) is 0.350. The van der Waals surface area contributed by atoms with Crippen molar-refractivity contribution in [3.05, 3.63) is 60.2 Å². The predicted molar refractivity (Wildman–Crippen MR) is 103 cm³/mol. The molecule has 0 spiro atoms. The third-order valence-corrected chi connectivity index (χ3v) is 6.31. The zero-order valence-corrected chi connectivity index (χ0v) is 15.8. The van der Waals surface area contributed by atoms with Crippen LogP contribution in [0.15, 0.2) is 59.5 Å². The number of carbonyl (C=O) groups excluding carboxylic acids is 1. The number of hydrogen-bond acceptors (Lipinski definition) is 3. The molecule has 1 fully saturated rings. The minimum absolute atomic E-state index is 0.0597. The van der Waals surface area contributed by atoms with E-state index in [1.807, 2.05) is 26.0 Å². The third-order valence-electron chi connectivity index (χ3n) is 4.92. The Labute approximate surface area is 154 Å². The van der Waals surface area contributed by atoms with Crippen LogP contribution in [0, 0.1) is 0 Å². The molecule has 1 saturated carbocycles. The molecule has 2 aromatic rings. The Balaban J connectivity index is 1.74. The number of sulfonamides is 1. The van der Waals surface area contributed by atoms with Crippen LogP contribution in [0.5, 0.6) is 0 Å². The molecular weight excluding hydrogens is 348 g/mol. The fourth-order valence-corrected chi connectivity index (χ4v) is 3.99. The van der Waals surface area contributed by atoms with Gasteiger partial charge in [0.2, 0.25) is 5.91 Å². The summed E-state index contributed by atoms with van der Waals surface area (Å²) in [6, 6.07) is 15.5. The molecule has 2 N–H and O–H groups in total. The van der Waals surface area contributed by atoms with Gasteiger partial charge < -0.3 is 5.32 Å². The van der Waals surface area contributed by atoms with E-state index in [-0.39, 0.29) is 16.8 Å². The van der Waals surface area contributed by atoms with Crippen LogP contribution in [0.1, 0.15) is 38.7 Å². The van der Waals surface area contributed by atoms with Crippen molar-refractivity contribution in [1.82, 2.24) is 5.32 Å². The van der Waals surface area contributed by atoms with Crippen LogP contribution < -0.4 is 10.0 Å². The first kappa shape index (κ1) is 18.5. The maximum atomic E-state index is 12.6. The second-order valence-electron chi connectivity index (χ2n) is 6.86. The molecule has 0 saturated heterocycles. The van der Waals surface area contributed by atoms with E-state index in [1.54, 1.807) is 42.5 Å². The molecule has 1 aliphatic rings. The SMILES string of the molecule is CCC(C)NC(=O)C1(c2ccc(NS(=O)(=O)c3ccccc3)cc2)CC1. The van der Waals surface area contributed by atoms with E-state index in [0.717, 1.165) is 24.8 Å². The number of hydrogen-bond donors (Lipinski definition) is 2. The van der Waals surface area contributed by atoms with Gasteiger partial charge in [0.1, 0.15) is 0 Å². The van der Waals surface area contributed by atoms with Crippen LogP contribution in [0.4, 0.5) is 5.69 Å². The summed E-state index contributed by atoms with van der Waals surface area (Å²) in [5.74, 6) is 0.0597. The van der Waals surface area contributed by atoms with Gasteiger partial charge in [0.05, 0.1) is 10.3 Å². The summed E-state index contributed by atoms with van der Waals surface area (Å²) < 4.78 is 27.3. The zero-order valence-electron chi connectivity index (χ0n) is 15.0. The van der Waals surface area contributed by atoms with E-state index in [0.29, 0.717) is 5.69 Å². The number of anilines is 1. The van der Waals surface area contributed by atoms with Crippen molar-refractivity contribution in [1.29, 1.82) is 0 Å². The topological polar surface area (TPSA) is 75.3 Å². The Morgan fingerprint density at radius 3 is 2.23 bits per heavy atom. The van der Waals surface area contributed by atoms with Crippen molar-refractivity contribution in [3.63, 3.8) is 0 Å². The van der Waals surface area contributed by atoms with Crippen LogP contribution in [-0.4, -0.2) is 20.4 Å². The van der Waals surface area contributed by atoms with E-state index in [9.17, 15) is 13.2 Å². The van der Waals surface area contributed by atoms with Crippen molar-refractivity contribution in [2.45, 2.75) is 49.5 Å². The Morgan fingerprint density at radius 2 is 1.69 bits per heavy atom. The molecule has 1 atom stereocenters. The van der Waals surface area contributed by atoms with Gasteiger partial charge in [-0.3, -0.25) is 9.52 Å². The van der Waals surface area contributed by atoms with E-state index in [4.69, 9.17) is 0 Å². The van der Waals surface area contributed by atoms with Crippen molar-refractivity contribution in [2.24, 2.45) is 0 Å². The highest BCUT2D eigenvalue weighted by molar-refractivity contribution is 7.92. The van der Waals surface area contributed by atoms with E-state index in [1.165, 1.54) is 0 Å². The maximum Gasteiger partial charge on any atom is 0.261 e. The average Bonchev–Trinajstić information content (AvgIpc) is 3.44. The lowest BCUT2D eigenvalue weighted by Gasteiger charge is -2.19. The summed E-state index contributed by atoms with van der Waals surface area (Å²) >= 11 is 0. The van der Waals surface area contributed by atoms with Crippen LogP contribution in [-0.2, 0) is 20.2 Å². The quantitative estimate of drug-likeness (QED) is 0.782. The molecule has 0 aromatic heterocycles. The minimum Gasteiger partial charge on any atom is -0.353 e. The summed E-state index contributed by atoms with van der Waals surface area (Å²) in [4.78, 5) is 12.8. The molecule has 138 valence electrons. The van der Waals surface area contributed by atoms with Gasteiger partial charge in [-0.1, -0.05) is 37.3 Å². The highest BCUT2D eigenvalue weighted by Gasteiger charge is 2.51. The highest BCUT2D eigenvalue weighted by atomic mass is 32.2. The Kier molecular flexibility index (Phi) is 5.05. The molecule has 0 heterocycles. The monoisotopic (exact) mass is 372 g/mol. The number of nitrogens with one attached hydrogen (secondary N) is 2. The normalized spacial score (nSPS) is 16.5. The number of benzene rings is 2. The van der Waals surface area contributed by atoms with Gasteiger partial charge in [0.25, 0.3) is 10.0 Å². The lowest BCUT2D eigenvalue weighted by atomic mass is 9.94. The fourth-order valence-electron chi connectivity index (χ4n) is 2.91. The first-order chi connectivity index (χ1) is 12.4. The van der Waals surface area contributed by atoms with Gasteiger partial charge in [0.15, 0.2) is 0 Å². The van der Waals surface area contributed by atoms with Crippen molar-refractivity contribution in [2.75, 3.05) is 4.72 Å². The van der Waals surface area contributed by atoms with Crippen molar-refractivity contribution in [3.8, 4) is 0 Å². The summed E-state index contributed by atoms with van der Waals surface area (Å²) in [7, 11) is -3.61. The largest absolute Gasteiger partial charge is 0.353 e. The summed E-state index contributed by atoms with van der Waals surface area (Å²) in [6.07, 6.45) is 2.54. The molecule has 1 aliphatic carbocycles. The van der Waals surface area contributed by atoms with Gasteiger partial charge in [-0.15, -0.1) is 0 Å². The van der Waals surface area contributed by atoms with Gasteiger partial charge in [-0.05, 0) is 56.0 Å². The summed E-state index contributed by atoms with van der Waals surface area (Å²) in [5, 5.41) is 3.05. The van der Waals surface area contributed by atoms with Gasteiger partial charge in [-0.2, -0.15) is 0 Å². The maximum absolute atomic E-state index is 12.6.